The Morgan fingerprint density at radius 3 is 2.31 bits per heavy atom. The number of rotatable bonds is 6. The average Bonchev–Trinajstić information content (AvgIpc) is 2.77. The van der Waals surface area contributed by atoms with Gasteiger partial charge in [0.25, 0.3) is 0 Å². The highest BCUT2D eigenvalue weighted by molar-refractivity contribution is 7.91. The van der Waals surface area contributed by atoms with Crippen molar-refractivity contribution in [2.45, 2.75) is 30.2 Å². The number of aromatic nitrogens is 1. The van der Waals surface area contributed by atoms with Gasteiger partial charge in [-0.2, -0.15) is 0 Å². The fourth-order valence-electron chi connectivity index (χ4n) is 3.56. The van der Waals surface area contributed by atoms with Crippen molar-refractivity contribution in [1.29, 1.82) is 0 Å². The van der Waals surface area contributed by atoms with E-state index in [1.807, 2.05) is 38.1 Å². The number of nitrogens with zero attached hydrogens (tertiary/aromatic N) is 1. The first-order valence-electron chi connectivity index (χ1n) is 10.2. The zero-order valence-corrected chi connectivity index (χ0v) is 18.5. The van der Waals surface area contributed by atoms with Crippen LogP contribution in [-0.2, 0) is 16.4 Å². The minimum absolute atomic E-state index is 0.141. The number of ether oxygens (including phenoxy) is 1. The molecule has 4 aromatic rings. The summed E-state index contributed by atoms with van der Waals surface area (Å²) in [5, 5.41) is 0.242. The lowest BCUT2D eigenvalue weighted by Crippen LogP contribution is -2.20. The molecule has 0 spiro atoms. The third-order valence-electron chi connectivity index (χ3n) is 5.22. The topological polar surface area (TPSA) is 65.4 Å². The van der Waals surface area contributed by atoms with Crippen LogP contribution in [0.2, 0.25) is 0 Å². The van der Waals surface area contributed by atoms with Crippen LogP contribution < -0.4 is 10.2 Å². The molecule has 0 fully saturated rings. The van der Waals surface area contributed by atoms with E-state index >= 15 is 0 Å². The van der Waals surface area contributed by atoms with Gasteiger partial charge in [0.1, 0.15) is 16.5 Å². The normalized spacial score (nSPS) is 11.6. The highest BCUT2D eigenvalue weighted by Crippen LogP contribution is 2.25. The fraction of sp³-hybridized carbons (Fsp3) is 0.160. The summed E-state index contributed by atoms with van der Waals surface area (Å²) >= 11 is 0. The average molecular weight is 452 g/mol. The predicted molar refractivity (Wildman–Crippen MR) is 122 cm³/mol. The Bertz CT molecular complexity index is 1440. The van der Waals surface area contributed by atoms with Crippen molar-refractivity contribution in [3.8, 4) is 5.75 Å². The van der Waals surface area contributed by atoms with Gasteiger partial charge in [-0.3, -0.25) is 4.79 Å². The maximum atomic E-state index is 13.3. The van der Waals surface area contributed by atoms with E-state index in [9.17, 15) is 17.6 Å². The molecule has 0 saturated carbocycles. The Morgan fingerprint density at radius 2 is 1.66 bits per heavy atom. The highest BCUT2D eigenvalue weighted by atomic mass is 32.2. The van der Waals surface area contributed by atoms with Gasteiger partial charge in [-0.25, -0.2) is 12.8 Å². The molecular formula is C25H22FNO4S. The maximum Gasteiger partial charge on any atom is 0.211 e. The lowest BCUT2D eigenvalue weighted by atomic mass is 10.1. The van der Waals surface area contributed by atoms with Crippen LogP contribution in [0.1, 0.15) is 18.1 Å². The molecule has 0 aliphatic heterocycles. The smallest absolute Gasteiger partial charge is 0.211 e. The van der Waals surface area contributed by atoms with Crippen molar-refractivity contribution in [1.82, 2.24) is 4.57 Å². The molecule has 0 bridgehead atoms. The van der Waals surface area contributed by atoms with Crippen molar-refractivity contribution in [3.05, 3.63) is 100 Å². The van der Waals surface area contributed by atoms with Gasteiger partial charge in [-0.05, 0) is 61.9 Å². The molecular weight excluding hydrogens is 429 g/mol. The summed E-state index contributed by atoms with van der Waals surface area (Å²) in [6.45, 7) is 4.60. The van der Waals surface area contributed by atoms with Gasteiger partial charge < -0.3 is 9.30 Å². The first-order chi connectivity index (χ1) is 15.3. The van der Waals surface area contributed by atoms with Crippen LogP contribution in [0.5, 0.6) is 5.75 Å². The maximum absolute atomic E-state index is 13.3. The van der Waals surface area contributed by atoms with E-state index in [2.05, 4.69) is 0 Å². The molecule has 7 heteroatoms. The third-order valence-corrected chi connectivity index (χ3v) is 6.98. The molecule has 0 unspecified atom stereocenters. The van der Waals surface area contributed by atoms with Gasteiger partial charge in [0, 0.05) is 12.7 Å². The second-order valence-electron chi connectivity index (χ2n) is 7.51. The lowest BCUT2D eigenvalue weighted by molar-refractivity contribution is 0.340. The standard InChI is InChI=1S/C25H22FNO4S/c1-3-31-20-10-13-23-22(14-20)25(28)24(32(29,30)21-11-8-19(26)9-12-21)16-27(23)15-18-6-4-17(2)5-7-18/h4-14,16H,3,15H2,1-2H3. The third kappa shape index (κ3) is 4.16. The number of hydrogen-bond donors (Lipinski definition) is 0. The quantitative estimate of drug-likeness (QED) is 0.398. The molecule has 0 saturated heterocycles. The lowest BCUT2D eigenvalue weighted by Gasteiger charge is -2.15. The molecule has 0 N–H and O–H groups in total. The molecule has 0 aliphatic rings. The first-order valence-corrected chi connectivity index (χ1v) is 11.6. The molecule has 3 aromatic carbocycles. The van der Waals surface area contributed by atoms with Crippen LogP contribution in [0.15, 0.2) is 87.5 Å². The number of benzene rings is 3. The van der Waals surface area contributed by atoms with Crippen molar-refractivity contribution in [3.63, 3.8) is 0 Å². The van der Waals surface area contributed by atoms with Gasteiger partial charge in [0.05, 0.1) is 22.4 Å². The van der Waals surface area contributed by atoms with E-state index in [0.29, 0.717) is 24.4 Å². The number of fused-ring (bicyclic) bond motifs is 1. The van der Waals surface area contributed by atoms with Crippen LogP contribution >= 0.6 is 0 Å². The summed E-state index contributed by atoms with van der Waals surface area (Å²) in [6, 6.07) is 17.4. The minimum Gasteiger partial charge on any atom is -0.494 e. The Labute approximate surface area is 185 Å². The summed E-state index contributed by atoms with van der Waals surface area (Å²) < 4.78 is 47.2. The number of pyridine rings is 1. The second kappa shape index (κ2) is 8.59. The van der Waals surface area contributed by atoms with E-state index in [-0.39, 0.29) is 15.2 Å². The molecule has 164 valence electrons. The molecule has 1 aromatic heterocycles. The largest absolute Gasteiger partial charge is 0.494 e. The Hall–Kier alpha value is -3.45. The summed E-state index contributed by atoms with van der Waals surface area (Å²) in [6.07, 6.45) is 1.36. The zero-order chi connectivity index (χ0) is 22.9. The van der Waals surface area contributed by atoms with E-state index in [0.717, 1.165) is 35.4 Å². The van der Waals surface area contributed by atoms with Gasteiger partial charge >= 0.3 is 0 Å². The number of aryl methyl sites for hydroxylation is 1. The zero-order valence-electron chi connectivity index (χ0n) is 17.7. The highest BCUT2D eigenvalue weighted by Gasteiger charge is 2.24. The van der Waals surface area contributed by atoms with Crippen molar-refractivity contribution in [2.24, 2.45) is 0 Å². The number of hydrogen-bond acceptors (Lipinski definition) is 4. The first kappa shape index (κ1) is 21.8. The van der Waals surface area contributed by atoms with E-state index in [4.69, 9.17) is 4.74 Å². The van der Waals surface area contributed by atoms with Crippen LogP contribution in [0, 0.1) is 12.7 Å². The Morgan fingerprint density at radius 1 is 0.969 bits per heavy atom. The molecule has 0 radical (unpaired) electrons. The fourth-order valence-corrected chi connectivity index (χ4v) is 4.93. The molecule has 0 aliphatic carbocycles. The van der Waals surface area contributed by atoms with Crippen molar-refractivity contribution >= 4 is 20.7 Å². The summed E-state index contributed by atoms with van der Waals surface area (Å²) in [5.74, 6) is -0.0732. The van der Waals surface area contributed by atoms with E-state index in [1.165, 1.54) is 6.20 Å². The van der Waals surface area contributed by atoms with Gasteiger partial charge in [0.2, 0.25) is 15.3 Å². The summed E-state index contributed by atoms with van der Waals surface area (Å²) in [4.78, 5) is 12.8. The van der Waals surface area contributed by atoms with E-state index in [1.54, 1.807) is 22.8 Å². The van der Waals surface area contributed by atoms with Gasteiger partial charge in [-0.15, -0.1) is 0 Å². The van der Waals surface area contributed by atoms with Crippen molar-refractivity contribution in [2.75, 3.05) is 6.61 Å². The van der Waals surface area contributed by atoms with E-state index < -0.39 is 21.1 Å². The SMILES string of the molecule is CCOc1ccc2c(c1)c(=O)c(S(=O)(=O)c1ccc(F)cc1)cn2Cc1ccc(C)cc1. The van der Waals surface area contributed by atoms with Crippen LogP contribution in [-0.4, -0.2) is 19.6 Å². The number of sulfone groups is 1. The predicted octanol–water partition coefficient (Wildman–Crippen LogP) is 4.73. The van der Waals surface area contributed by atoms with Gasteiger partial charge in [-0.1, -0.05) is 29.8 Å². The molecule has 5 nitrogen and oxygen atoms in total. The molecule has 32 heavy (non-hydrogen) atoms. The van der Waals surface area contributed by atoms with Crippen LogP contribution in [0.3, 0.4) is 0 Å². The molecule has 0 atom stereocenters. The van der Waals surface area contributed by atoms with Crippen LogP contribution in [0.4, 0.5) is 4.39 Å². The summed E-state index contributed by atoms with van der Waals surface area (Å²) in [5.41, 5.74) is 2.04. The molecule has 1 heterocycles. The minimum atomic E-state index is -4.17. The van der Waals surface area contributed by atoms with Crippen LogP contribution in [0.25, 0.3) is 10.9 Å². The Balaban J connectivity index is 1.95. The Kier molecular flexibility index (Phi) is 5.84. The number of halogens is 1. The molecule has 0 amide bonds. The second-order valence-corrected chi connectivity index (χ2v) is 9.42. The van der Waals surface area contributed by atoms with Gasteiger partial charge in [0.15, 0.2) is 0 Å². The summed E-state index contributed by atoms with van der Waals surface area (Å²) in [7, 11) is -4.17. The van der Waals surface area contributed by atoms with Crippen molar-refractivity contribution < 1.29 is 17.5 Å². The monoisotopic (exact) mass is 451 g/mol. The molecule has 4 rings (SSSR count).